The van der Waals surface area contributed by atoms with Gasteiger partial charge in [-0.15, -0.1) is 0 Å². The van der Waals surface area contributed by atoms with Crippen molar-refractivity contribution in [1.82, 2.24) is 0 Å². The highest BCUT2D eigenvalue weighted by Crippen LogP contribution is 2.19. The van der Waals surface area contributed by atoms with Crippen LogP contribution in [0.4, 0.5) is 10.1 Å². The summed E-state index contributed by atoms with van der Waals surface area (Å²) in [6, 6.07) is 8.70. The highest BCUT2D eigenvalue weighted by atomic mass is 19.1. The lowest BCUT2D eigenvalue weighted by molar-refractivity contribution is 0.0698. The number of carboxylic acids is 1. The van der Waals surface area contributed by atoms with Gasteiger partial charge in [-0.2, -0.15) is 0 Å². The molecule has 2 rings (SSSR count). The van der Waals surface area contributed by atoms with E-state index < -0.39 is 17.7 Å². The van der Waals surface area contributed by atoms with Crippen molar-refractivity contribution in [3.05, 3.63) is 64.5 Å². The van der Waals surface area contributed by atoms with Crippen molar-refractivity contribution in [3.8, 4) is 0 Å². The first kappa shape index (κ1) is 14.7. The molecule has 0 saturated carbocycles. The molecule has 0 aromatic heterocycles. The molecule has 0 saturated heterocycles. The topological polar surface area (TPSA) is 66.4 Å². The monoisotopic (exact) mass is 287 g/mol. The fourth-order valence-electron chi connectivity index (χ4n) is 1.92. The van der Waals surface area contributed by atoms with Crippen LogP contribution in [-0.4, -0.2) is 17.0 Å². The Balaban J connectivity index is 2.31. The Hall–Kier alpha value is -2.69. The Morgan fingerprint density at radius 2 is 1.81 bits per heavy atom. The Morgan fingerprint density at radius 1 is 1.10 bits per heavy atom. The van der Waals surface area contributed by atoms with Gasteiger partial charge >= 0.3 is 5.97 Å². The lowest BCUT2D eigenvalue weighted by Crippen LogP contribution is -2.15. The molecule has 2 aromatic rings. The molecule has 0 aliphatic heterocycles. The Morgan fingerprint density at radius 3 is 2.43 bits per heavy atom. The summed E-state index contributed by atoms with van der Waals surface area (Å²) in [5, 5.41) is 11.7. The maximum atomic E-state index is 13.2. The number of hydrogen-bond acceptors (Lipinski definition) is 2. The minimum Gasteiger partial charge on any atom is -0.478 e. The second kappa shape index (κ2) is 5.75. The number of anilines is 1. The van der Waals surface area contributed by atoms with Gasteiger partial charge in [0.15, 0.2) is 0 Å². The zero-order valence-corrected chi connectivity index (χ0v) is 11.6. The van der Waals surface area contributed by atoms with Crippen molar-refractivity contribution in [2.24, 2.45) is 0 Å². The van der Waals surface area contributed by atoms with Crippen molar-refractivity contribution < 1.29 is 19.1 Å². The van der Waals surface area contributed by atoms with Gasteiger partial charge in [-0.1, -0.05) is 11.6 Å². The molecule has 0 spiro atoms. The van der Waals surface area contributed by atoms with Crippen LogP contribution >= 0.6 is 0 Å². The molecule has 2 N–H and O–H groups in total. The first-order valence-electron chi connectivity index (χ1n) is 6.30. The number of halogens is 1. The van der Waals surface area contributed by atoms with Crippen LogP contribution < -0.4 is 5.32 Å². The van der Waals surface area contributed by atoms with E-state index in [1.165, 1.54) is 30.3 Å². The maximum Gasteiger partial charge on any atom is 0.337 e. The van der Waals surface area contributed by atoms with Gasteiger partial charge in [-0.3, -0.25) is 4.79 Å². The van der Waals surface area contributed by atoms with E-state index in [2.05, 4.69) is 5.32 Å². The van der Waals surface area contributed by atoms with Crippen molar-refractivity contribution in [2.45, 2.75) is 13.8 Å². The number of amides is 1. The van der Waals surface area contributed by atoms with Crippen LogP contribution in [0.25, 0.3) is 0 Å². The molecule has 0 unspecified atom stereocenters. The van der Waals surface area contributed by atoms with E-state index in [-0.39, 0.29) is 16.8 Å². The number of hydrogen-bond donors (Lipinski definition) is 2. The second-order valence-corrected chi connectivity index (χ2v) is 4.77. The molecule has 0 aliphatic carbocycles. The summed E-state index contributed by atoms with van der Waals surface area (Å²) in [6.45, 7) is 3.32. The van der Waals surface area contributed by atoms with Gasteiger partial charge in [0.05, 0.1) is 11.3 Å². The van der Waals surface area contributed by atoms with E-state index >= 15 is 0 Å². The molecule has 0 radical (unpaired) electrons. The number of carbonyl (C=O) groups excluding carboxylic acids is 1. The minimum absolute atomic E-state index is 0.0159. The van der Waals surface area contributed by atoms with Crippen molar-refractivity contribution in [2.75, 3.05) is 5.32 Å². The van der Waals surface area contributed by atoms with Crippen molar-refractivity contribution in [3.63, 3.8) is 0 Å². The minimum atomic E-state index is -1.12. The number of carboxylic acid groups (broad SMARTS) is 1. The molecule has 21 heavy (non-hydrogen) atoms. The molecule has 0 heterocycles. The second-order valence-electron chi connectivity index (χ2n) is 4.77. The number of aryl methyl sites for hydroxylation is 2. The highest BCUT2D eigenvalue weighted by Gasteiger charge is 2.14. The molecule has 0 fully saturated rings. The van der Waals surface area contributed by atoms with E-state index in [0.717, 1.165) is 5.56 Å². The first-order valence-corrected chi connectivity index (χ1v) is 6.30. The van der Waals surface area contributed by atoms with E-state index in [0.29, 0.717) is 5.56 Å². The number of nitrogens with one attached hydrogen (secondary N) is 1. The van der Waals surface area contributed by atoms with Crippen LogP contribution in [0.2, 0.25) is 0 Å². The average molecular weight is 287 g/mol. The Bertz CT molecular complexity index is 725. The molecular formula is C16H14FNO3. The van der Waals surface area contributed by atoms with Crippen molar-refractivity contribution in [1.29, 1.82) is 0 Å². The third-order valence-corrected chi connectivity index (χ3v) is 3.07. The van der Waals surface area contributed by atoms with Gasteiger partial charge < -0.3 is 10.4 Å². The molecule has 2 aromatic carbocycles. The Labute approximate surface area is 121 Å². The van der Waals surface area contributed by atoms with E-state index in [9.17, 15) is 14.0 Å². The summed E-state index contributed by atoms with van der Waals surface area (Å²) in [7, 11) is 0. The molecule has 0 bridgehead atoms. The largest absolute Gasteiger partial charge is 0.478 e. The van der Waals surface area contributed by atoms with Crippen LogP contribution in [0, 0.1) is 19.7 Å². The van der Waals surface area contributed by atoms with Gasteiger partial charge in [0.1, 0.15) is 5.82 Å². The molecular weight excluding hydrogens is 273 g/mol. The Kier molecular flexibility index (Phi) is 4.03. The molecule has 5 heteroatoms. The smallest absolute Gasteiger partial charge is 0.337 e. The molecule has 1 amide bonds. The van der Waals surface area contributed by atoms with Gasteiger partial charge in [-0.25, -0.2) is 9.18 Å². The lowest BCUT2D eigenvalue weighted by atomic mass is 10.1. The first-order chi connectivity index (χ1) is 9.88. The number of benzene rings is 2. The van der Waals surface area contributed by atoms with Crippen LogP contribution in [0.3, 0.4) is 0 Å². The summed E-state index contributed by atoms with van der Waals surface area (Å²) in [4.78, 5) is 23.3. The number of aromatic carboxylic acids is 1. The fourth-order valence-corrected chi connectivity index (χ4v) is 1.92. The zero-order chi connectivity index (χ0) is 15.6. The predicted molar refractivity (Wildman–Crippen MR) is 77.2 cm³/mol. The summed E-state index contributed by atoms with van der Waals surface area (Å²) in [5.41, 5.74) is 1.63. The van der Waals surface area contributed by atoms with Crippen molar-refractivity contribution >= 4 is 17.6 Å². The maximum absolute atomic E-state index is 13.2. The van der Waals surface area contributed by atoms with Gasteiger partial charge in [0.2, 0.25) is 0 Å². The number of rotatable bonds is 3. The molecule has 0 aliphatic rings. The summed E-state index contributed by atoms with van der Waals surface area (Å²) < 4.78 is 13.2. The molecule has 0 atom stereocenters. The van der Waals surface area contributed by atoms with E-state index in [1.54, 1.807) is 19.9 Å². The summed E-state index contributed by atoms with van der Waals surface area (Å²) >= 11 is 0. The fraction of sp³-hybridized carbons (Fsp3) is 0.125. The predicted octanol–water partition coefficient (Wildman–Crippen LogP) is 3.39. The zero-order valence-electron chi connectivity index (χ0n) is 11.6. The molecule has 4 nitrogen and oxygen atoms in total. The highest BCUT2D eigenvalue weighted by molar-refractivity contribution is 6.07. The van der Waals surface area contributed by atoms with E-state index in [4.69, 9.17) is 5.11 Å². The van der Waals surface area contributed by atoms with Gasteiger partial charge in [-0.05, 0) is 49.7 Å². The average Bonchev–Trinajstić information content (AvgIpc) is 2.43. The van der Waals surface area contributed by atoms with Crippen LogP contribution in [0.15, 0.2) is 36.4 Å². The lowest BCUT2D eigenvalue weighted by Gasteiger charge is -2.10. The van der Waals surface area contributed by atoms with Gasteiger partial charge in [0, 0.05) is 5.56 Å². The van der Waals surface area contributed by atoms with E-state index in [1.807, 2.05) is 0 Å². The van der Waals surface area contributed by atoms with Crippen LogP contribution in [0.5, 0.6) is 0 Å². The normalized spacial score (nSPS) is 10.2. The quantitative estimate of drug-likeness (QED) is 0.909. The number of carbonyl (C=O) groups is 2. The SMILES string of the molecule is Cc1ccc(NC(=O)c2ccc(F)c(C)c2)c(C(=O)O)c1. The third-order valence-electron chi connectivity index (χ3n) is 3.07. The summed E-state index contributed by atoms with van der Waals surface area (Å²) in [5.74, 6) is -2.00. The third kappa shape index (κ3) is 3.25. The summed E-state index contributed by atoms with van der Waals surface area (Å²) in [6.07, 6.45) is 0. The van der Waals surface area contributed by atoms with Crippen LogP contribution in [-0.2, 0) is 0 Å². The molecule has 108 valence electrons. The van der Waals surface area contributed by atoms with Crippen LogP contribution in [0.1, 0.15) is 31.8 Å². The van der Waals surface area contributed by atoms with Gasteiger partial charge in [0.25, 0.3) is 5.91 Å². The standard InChI is InChI=1S/C16H14FNO3/c1-9-3-6-14(12(7-9)16(20)21)18-15(19)11-4-5-13(17)10(2)8-11/h3-8H,1-2H3,(H,18,19)(H,20,21).